The summed E-state index contributed by atoms with van der Waals surface area (Å²) >= 11 is 0. The minimum absolute atomic E-state index is 0.0278. The summed E-state index contributed by atoms with van der Waals surface area (Å²) in [6.45, 7) is 13.6. The molecule has 2 N–H and O–H groups in total. The molecule has 2 nitrogen and oxygen atoms in total. The SMILES string of the molecule is C=CC1(C)CCC(C(C)(C)O)CC1C(C)(C)O. The Bertz CT molecular complexity index is 282. The Kier molecular flexibility index (Phi) is 3.81. The summed E-state index contributed by atoms with van der Waals surface area (Å²) in [6.07, 6.45) is 4.82. The third-order valence-electron chi connectivity index (χ3n) is 4.67. The standard InChI is InChI=1S/C15H28O2/c1-7-15(6)9-8-11(13(2,3)16)10-12(15)14(4,5)17/h7,11-12,16-17H,1,8-10H2,2-6H3. The Balaban J connectivity index is 2.97. The van der Waals surface area contributed by atoms with E-state index in [4.69, 9.17) is 0 Å². The Hall–Kier alpha value is -0.340. The predicted molar refractivity (Wildman–Crippen MR) is 71.7 cm³/mol. The highest BCUT2D eigenvalue weighted by molar-refractivity contribution is 5.06. The molecule has 1 aliphatic rings. The molecule has 0 bridgehead atoms. The summed E-state index contributed by atoms with van der Waals surface area (Å²) in [5.74, 6) is 0.407. The van der Waals surface area contributed by atoms with Crippen molar-refractivity contribution in [2.24, 2.45) is 17.3 Å². The zero-order chi connectivity index (χ0) is 13.5. The molecule has 100 valence electrons. The van der Waals surface area contributed by atoms with Crippen LogP contribution in [0.3, 0.4) is 0 Å². The molecule has 0 aromatic carbocycles. The highest BCUT2D eigenvalue weighted by Gasteiger charge is 2.47. The van der Waals surface area contributed by atoms with Crippen molar-refractivity contribution >= 4 is 0 Å². The molecule has 1 aliphatic carbocycles. The lowest BCUT2D eigenvalue weighted by atomic mass is 9.57. The maximum Gasteiger partial charge on any atom is 0.0628 e. The van der Waals surface area contributed by atoms with Gasteiger partial charge in [-0.05, 0) is 64.2 Å². The number of hydrogen-bond acceptors (Lipinski definition) is 2. The fraction of sp³-hybridized carbons (Fsp3) is 0.867. The van der Waals surface area contributed by atoms with Crippen molar-refractivity contribution in [3.8, 4) is 0 Å². The molecule has 17 heavy (non-hydrogen) atoms. The lowest BCUT2D eigenvalue weighted by molar-refractivity contribution is -0.0943. The van der Waals surface area contributed by atoms with Gasteiger partial charge in [0.25, 0.3) is 0 Å². The van der Waals surface area contributed by atoms with E-state index < -0.39 is 11.2 Å². The predicted octanol–water partition coefficient (Wildman–Crippen LogP) is 3.14. The van der Waals surface area contributed by atoms with Gasteiger partial charge in [-0.3, -0.25) is 0 Å². The Morgan fingerprint density at radius 2 is 1.71 bits per heavy atom. The molecule has 0 spiro atoms. The van der Waals surface area contributed by atoms with Crippen LogP contribution in [-0.2, 0) is 0 Å². The number of allylic oxidation sites excluding steroid dienone is 1. The van der Waals surface area contributed by atoms with Crippen molar-refractivity contribution in [2.45, 2.75) is 65.1 Å². The Morgan fingerprint density at radius 1 is 1.18 bits per heavy atom. The monoisotopic (exact) mass is 240 g/mol. The second-order valence-corrected chi connectivity index (χ2v) is 7.04. The number of hydrogen-bond donors (Lipinski definition) is 2. The molecule has 0 aromatic heterocycles. The maximum absolute atomic E-state index is 10.4. The van der Waals surface area contributed by atoms with Gasteiger partial charge in [0.15, 0.2) is 0 Å². The highest BCUT2D eigenvalue weighted by Crippen LogP contribution is 2.51. The van der Waals surface area contributed by atoms with Crippen molar-refractivity contribution in [2.75, 3.05) is 0 Å². The van der Waals surface area contributed by atoms with Gasteiger partial charge in [0.05, 0.1) is 11.2 Å². The van der Waals surface area contributed by atoms with Gasteiger partial charge in [-0.25, -0.2) is 0 Å². The molecule has 0 aliphatic heterocycles. The van der Waals surface area contributed by atoms with E-state index in [-0.39, 0.29) is 17.3 Å². The molecule has 1 saturated carbocycles. The van der Waals surface area contributed by atoms with Crippen molar-refractivity contribution in [1.29, 1.82) is 0 Å². The van der Waals surface area contributed by atoms with Crippen LogP contribution in [0.15, 0.2) is 12.7 Å². The van der Waals surface area contributed by atoms with Gasteiger partial charge >= 0.3 is 0 Å². The summed E-state index contributed by atoms with van der Waals surface area (Å²) in [5, 5.41) is 20.5. The minimum Gasteiger partial charge on any atom is -0.390 e. The fourth-order valence-corrected chi connectivity index (χ4v) is 3.31. The lowest BCUT2D eigenvalue weighted by Crippen LogP contribution is -2.49. The average Bonchev–Trinajstić information content (AvgIpc) is 2.14. The second kappa shape index (κ2) is 4.40. The van der Waals surface area contributed by atoms with Gasteiger partial charge in [0.1, 0.15) is 0 Å². The van der Waals surface area contributed by atoms with Gasteiger partial charge in [0.2, 0.25) is 0 Å². The van der Waals surface area contributed by atoms with Crippen LogP contribution in [0.1, 0.15) is 53.9 Å². The molecule has 0 aromatic rings. The first kappa shape index (κ1) is 14.7. The van der Waals surface area contributed by atoms with Gasteiger partial charge < -0.3 is 10.2 Å². The third kappa shape index (κ3) is 3.11. The molecule has 1 rings (SSSR count). The minimum atomic E-state index is -0.729. The summed E-state index contributed by atoms with van der Waals surface area (Å²) in [6, 6.07) is 0. The summed E-state index contributed by atoms with van der Waals surface area (Å²) in [5.41, 5.74) is -1.42. The van der Waals surface area contributed by atoms with Crippen LogP contribution in [0.25, 0.3) is 0 Å². The molecule has 2 heteroatoms. The quantitative estimate of drug-likeness (QED) is 0.744. The van der Waals surface area contributed by atoms with Crippen molar-refractivity contribution in [3.63, 3.8) is 0 Å². The van der Waals surface area contributed by atoms with E-state index in [2.05, 4.69) is 13.5 Å². The van der Waals surface area contributed by atoms with E-state index in [1.165, 1.54) is 0 Å². The van der Waals surface area contributed by atoms with E-state index in [0.717, 1.165) is 19.3 Å². The fourth-order valence-electron chi connectivity index (χ4n) is 3.31. The average molecular weight is 240 g/mol. The largest absolute Gasteiger partial charge is 0.390 e. The number of aliphatic hydroxyl groups is 2. The topological polar surface area (TPSA) is 40.5 Å². The molecular weight excluding hydrogens is 212 g/mol. The van der Waals surface area contributed by atoms with E-state index in [1.54, 1.807) is 0 Å². The van der Waals surface area contributed by atoms with Crippen LogP contribution >= 0.6 is 0 Å². The van der Waals surface area contributed by atoms with Gasteiger partial charge in [-0.2, -0.15) is 0 Å². The summed E-state index contributed by atoms with van der Waals surface area (Å²) in [4.78, 5) is 0. The van der Waals surface area contributed by atoms with Crippen molar-refractivity contribution < 1.29 is 10.2 Å². The summed E-state index contributed by atoms with van der Waals surface area (Å²) < 4.78 is 0. The highest BCUT2D eigenvalue weighted by atomic mass is 16.3. The molecule has 3 atom stereocenters. The normalized spacial score (nSPS) is 35.7. The van der Waals surface area contributed by atoms with Crippen LogP contribution in [0.2, 0.25) is 0 Å². The van der Waals surface area contributed by atoms with Crippen LogP contribution in [0.4, 0.5) is 0 Å². The maximum atomic E-state index is 10.4. The van der Waals surface area contributed by atoms with E-state index in [1.807, 2.05) is 33.8 Å². The lowest BCUT2D eigenvalue weighted by Gasteiger charge is -2.50. The first-order chi connectivity index (χ1) is 7.50. The molecule has 3 unspecified atom stereocenters. The van der Waals surface area contributed by atoms with E-state index in [0.29, 0.717) is 0 Å². The van der Waals surface area contributed by atoms with Crippen molar-refractivity contribution in [3.05, 3.63) is 12.7 Å². The molecule has 0 radical (unpaired) electrons. The molecule has 0 saturated heterocycles. The van der Waals surface area contributed by atoms with Crippen molar-refractivity contribution in [1.82, 2.24) is 0 Å². The first-order valence-electron chi connectivity index (χ1n) is 6.59. The molecule has 1 fully saturated rings. The number of rotatable bonds is 3. The zero-order valence-electron chi connectivity index (χ0n) is 12.0. The van der Waals surface area contributed by atoms with Gasteiger partial charge in [-0.1, -0.05) is 13.0 Å². The van der Waals surface area contributed by atoms with Crippen LogP contribution < -0.4 is 0 Å². The summed E-state index contributed by atoms with van der Waals surface area (Å²) in [7, 11) is 0. The van der Waals surface area contributed by atoms with Crippen LogP contribution in [-0.4, -0.2) is 21.4 Å². The second-order valence-electron chi connectivity index (χ2n) is 7.04. The zero-order valence-corrected chi connectivity index (χ0v) is 12.0. The van der Waals surface area contributed by atoms with Crippen LogP contribution in [0.5, 0.6) is 0 Å². The molecular formula is C15H28O2. The smallest absolute Gasteiger partial charge is 0.0628 e. The molecule has 0 heterocycles. The van der Waals surface area contributed by atoms with Gasteiger partial charge in [0, 0.05) is 0 Å². The van der Waals surface area contributed by atoms with E-state index >= 15 is 0 Å². The van der Waals surface area contributed by atoms with E-state index in [9.17, 15) is 10.2 Å². The Morgan fingerprint density at radius 3 is 2.06 bits per heavy atom. The first-order valence-corrected chi connectivity index (χ1v) is 6.59. The Labute approximate surface area is 106 Å². The molecule has 0 amide bonds. The van der Waals surface area contributed by atoms with Gasteiger partial charge in [-0.15, -0.1) is 6.58 Å². The van der Waals surface area contributed by atoms with Crippen LogP contribution in [0, 0.1) is 17.3 Å². The third-order valence-corrected chi connectivity index (χ3v) is 4.67.